The van der Waals surface area contributed by atoms with Crippen molar-refractivity contribution < 1.29 is 27.9 Å². The van der Waals surface area contributed by atoms with Gasteiger partial charge >= 0.3 is 12.1 Å². The molecule has 1 saturated heterocycles. The number of carboxylic acid groups (broad SMARTS) is 1. The van der Waals surface area contributed by atoms with E-state index in [1.165, 1.54) is 11.0 Å². The molecule has 2 aliphatic rings. The minimum Gasteiger partial charge on any atom is -0.480 e. The Kier molecular flexibility index (Phi) is 4.50. The fraction of sp³-hybridized carbons (Fsp3) is 0.214. The van der Waals surface area contributed by atoms with Crippen molar-refractivity contribution in [2.45, 2.75) is 11.1 Å². The number of thioether (sulfide) groups is 2. The SMILES string of the molecule is CN1C(=C2SC(=S)N(CC(=O)O)C2=O)Sc2ccc(C(F)(F)F)cc21. The normalized spacial score (nSPS) is 20.5. The van der Waals surface area contributed by atoms with Crippen LogP contribution in [0.15, 0.2) is 33.0 Å². The van der Waals surface area contributed by atoms with Gasteiger partial charge in [-0.25, -0.2) is 0 Å². The molecule has 1 aromatic carbocycles. The van der Waals surface area contributed by atoms with Crippen LogP contribution >= 0.6 is 35.7 Å². The fourth-order valence-electron chi connectivity index (χ4n) is 2.32. The number of carbonyl (C=O) groups excluding carboxylic acids is 1. The maximum Gasteiger partial charge on any atom is 0.416 e. The lowest BCUT2D eigenvalue weighted by molar-refractivity contribution is -0.140. The second-order valence-electron chi connectivity index (χ2n) is 5.13. The highest BCUT2D eigenvalue weighted by Gasteiger charge is 2.40. The molecule has 0 bridgehead atoms. The lowest BCUT2D eigenvalue weighted by atomic mass is 10.2. The number of carbonyl (C=O) groups is 2. The molecule has 1 N–H and O–H groups in total. The van der Waals surface area contributed by atoms with Gasteiger partial charge in [-0.3, -0.25) is 14.5 Å². The Labute approximate surface area is 153 Å². The van der Waals surface area contributed by atoms with Gasteiger partial charge in [-0.15, -0.1) is 0 Å². The summed E-state index contributed by atoms with van der Waals surface area (Å²) in [5, 5.41) is 9.29. The summed E-state index contributed by atoms with van der Waals surface area (Å²) in [7, 11) is 1.55. The summed E-state index contributed by atoms with van der Waals surface area (Å²) in [5.41, 5.74) is -0.447. The van der Waals surface area contributed by atoms with Crippen molar-refractivity contribution in [3.63, 3.8) is 0 Å². The van der Waals surface area contributed by atoms with E-state index in [1.54, 1.807) is 7.05 Å². The Hall–Kier alpha value is -1.72. The van der Waals surface area contributed by atoms with Crippen LogP contribution in [-0.2, 0) is 15.8 Å². The molecule has 1 fully saturated rings. The number of anilines is 1. The molecule has 5 nitrogen and oxygen atoms in total. The number of hydrogen-bond acceptors (Lipinski definition) is 6. The number of thiocarbonyl (C=S) groups is 1. The summed E-state index contributed by atoms with van der Waals surface area (Å²) in [6.07, 6.45) is -4.46. The highest BCUT2D eigenvalue weighted by atomic mass is 32.2. The molecule has 25 heavy (non-hydrogen) atoms. The third kappa shape index (κ3) is 3.23. The second kappa shape index (κ2) is 6.22. The topological polar surface area (TPSA) is 60.9 Å². The summed E-state index contributed by atoms with van der Waals surface area (Å²) in [6, 6.07) is 3.36. The number of nitrogens with zero attached hydrogens (tertiary/aromatic N) is 2. The van der Waals surface area contributed by atoms with E-state index in [2.05, 4.69) is 0 Å². The quantitative estimate of drug-likeness (QED) is 0.597. The number of aliphatic carboxylic acids is 1. The molecule has 0 aliphatic carbocycles. The molecule has 132 valence electrons. The van der Waals surface area contributed by atoms with Crippen molar-refractivity contribution in [1.82, 2.24) is 4.90 Å². The van der Waals surface area contributed by atoms with E-state index in [-0.39, 0.29) is 9.23 Å². The molecule has 0 aromatic heterocycles. The molecule has 1 aromatic rings. The molecule has 0 radical (unpaired) electrons. The number of rotatable bonds is 2. The highest BCUT2D eigenvalue weighted by molar-refractivity contribution is 8.27. The lowest BCUT2D eigenvalue weighted by Crippen LogP contribution is -2.33. The summed E-state index contributed by atoms with van der Waals surface area (Å²) < 4.78 is 38.8. The van der Waals surface area contributed by atoms with E-state index in [0.717, 1.165) is 40.6 Å². The first-order chi connectivity index (χ1) is 11.6. The molecule has 3 rings (SSSR count). The molecule has 1 amide bonds. The van der Waals surface area contributed by atoms with Gasteiger partial charge in [0.2, 0.25) is 0 Å². The molecular weight excluding hydrogens is 397 g/mol. The zero-order valence-electron chi connectivity index (χ0n) is 12.5. The fourth-order valence-corrected chi connectivity index (χ4v) is 4.88. The largest absolute Gasteiger partial charge is 0.480 e. The Morgan fingerprint density at radius 1 is 1.32 bits per heavy atom. The zero-order chi connectivity index (χ0) is 18.5. The van der Waals surface area contributed by atoms with Crippen molar-refractivity contribution >= 4 is 57.6 Å². The highest BCUT2D eigenvalue weighted by Crippen LogP contribution is 2.51. The molecule has 0 spiro atoms. The Bertz CT molecular complexity index is 838. The maximum absolute atomic E-state index is 12.9. The van der Waals surface area contributed by atoms with E-state index in [0.29, 0.717) is 15.6 Å². The predicted octanol–water partition coefficient (Wildman–Crippen LogP) is 3.36. The third-order valence-electron chi connectivity index (χ3n) is 3.50. The molecule has 0 saturated carbocycles. The van der Waals surface area contributed by atoms with Crippen LogP contribution in [0.2, 0.25) is 0 Å². The van der Waals surface area contributed by atoms with Crippen LogP contribution in [0.25, 0.3) is 0 Å². The van der Waals surface area contributed by atoms with E-state index in [4.69, 9.17) is 17.3 Å². The van der Waals surface area contributed by atoms with Crippen LogP contribution in [0.3, 0.4) is 0 Å². The first-order valence-corrected chi connectivity index (χ1v) is 8.76. The Balaban J connectivity index is 1.97. The Morgan fingerprint density at radius 3 is 2.60 bits per heavy atom. The van der Waals surface area contributed by atoms with Crippen LogP contribution in [0.5, 0.6) is 0 Å². The van der Waals surface area contributed by atoms with Gasteiger partial charge in [0.25, 0.3) is 5.91 Å². The molecule has 0 atom stereocenters. The van der Waals surface area contributed by atoms with Crippen LogP contribution in [0.4, 0.5) is 18.9 Å². The summed E-state index contributed by atoms with van der Waals surface area (Å²) in [6.45, 7) is -0.555. The second-order valence-corrected chi connectivity index (χ2v) is 7.80. The summed E-state index contributed by atoms with van der Waals surface area (Å²) in [5.74, 6) is -1.76. The molecular formula is C14H9F3N2O3S3. The smallest absolute Gasteiger partial charge is 0.416 e. The van der Waals surface area contributed by atoms with Gasteiger partial charge in [0, 0.05) is 11.9 Å². The van der Waals surface area contributed by atoms with Gasteiger partial charge in [-0.2, -0.15) is 13.2 Å². The molecule has 11 heteroatoms. The minimum atomic E-state index is -4.46. The lowest BCUT2D eigenvalue weighted by Gasteiger charge is -2.16. The maximum atomic E-state index is 12.9. The van der Waals surface area contributed by atoms with Crippen LogP contribution in [0, 0.1) is 0 Å². The number of amides is 1. The Morgan fingerprint density at radius 2 is 2.00 bits per heavy atom. The van der Waals surface area contributed by atoms with Gasteiger partial charge in [0.1, 0.15) is 15.8 Å². The third-order valence-corrected chi connectivity index (χ3v) is 6.30. The minimum absolute atomic E-state index is 0.107. The number of carboxylic acids is 1. The monoisotopic (exact) mass is 406 g/mol. The van der Waals surface area contributed by atoms with Gasteiger partial charge in [-0.05, 0) is 18.2 Å². The summed E-state index contributed by atoms with van der Waals surface area (Å²) in [4.78, 5) is 26.5. The van der Waals surface area contributed by atoms with Crippen molar-refractivity contribution in [3.8, 4) is 0 Å². The van der Waals surface area contributed by atoms with Gasteiger partial charge < -0.3 is 10.0 Å². The van der Waals surface area contributed by atoms with Crippen LogP contribution in [-0.4, -0.2) is 39.8 Å². The average molecular weight is 406 g/mol. The van der Waals surface area contributed by atoms with E-state index >= 15 is 0 Å². The standard InChI is InChI=1S/C14H9F3N2O3S3/c1-18-7-4-6(14(15,16)17)2-3-8(7)24-12(18)10-11(22)19(5-9(20)21)13(23)25-10/h2-4H,5H2,1H3,(H,20,21). The van der Waals surface area contributed by atoms with E-state index in [9.17, 15) is 22.8 Å². The molecule has 0 unspecified atom stereocenters. The van der Waals surface area contributed by atoms with Crippen LogP contribution in [0.1, 0.15) is 5.56 Å². The zero-order valence-corrected chi connectivity index (χ0v) is 14.9. The van der Waals surface area contributed by atoms with Crippen molar-refractivity contribution in [2.75, 3.05) is 18.5 Å². The van der Waals surface area contributed by atoms with E-state index < -0.39 is 30.2 Å². The molecule has 2 aliphatic heterocycles. The van der Waals surface area contributed by atoms with Crippen molar-refractivity contribution in [2.24, 2.45) is 0 Å². The van der Waals surface area contributed by atoms with Gasteiger partial charge in [-0.1, -0.05) is 35.7 Å². The number of benzene rings is 1. The van der Waals surface area contributed by atoms with Gasteiger partial charge in [0.05, 0.1) is 16.3 Å². The first kappa shape index (κ1) is 18.1. The summed E-state index contributed by atoms with van der Waals surface area (Å²) >= 11 is 7.13. The van der Waals surface area contributed by atoms with Crippen LogP contribution < -0.4 is 4.90 Å². The average Bonchev–Trinajstić information content (AvgIpc) is 2.97. The van der Waals surface area contributed by atoms with E-state index in [1.807, 2.05) is 0 Å². The molecule has 2 heterocycles. The number of alkyl halides is 3. The van der Waals surface area contributed by atoms with Crippen molar-refractivity contribution in [1.29, 1.82) is 0 Å². The first-order valence-electron chi connectivity index (χ1n) is 6.72. The van der Waals surface area contributed by atoms with Gasteiger partial charge in [0.15, 0.2) is 0 Å². The number of halogens is 3. The predicted molar refractivity (Wildman–Crippen MR) is 92.3 cm³/mol. The number of fused-ring (bicyclic) bond motifs is 1. The van der Waals surface area contributed by atoms with Crippen molar-refractivity contribution in [3.05, 3.63) is 33.7 Å². The number of hydrogen-bond donors (Lipinski definition) is 1.